The van der Waals surface area contributed by atoms with Crippen molar-refractivity contribution in [2.24, 2.45) is 5.92 Å². The average molecular weight is 179 g/mol. The summed E-state index contributed by atoms with van der Waals surface area (Å²) in [4.78, 5) is 13.4. The topological polar surface area (TPSA) is 20.3 Å². The van der Waals surface area contributed by atoms with E-state index >= 15 is 0 Å². The minimum atomic E-state index is 0.184. The zero-order chi connectivity index (χ0) is 10.0. The SMILES string of the molecule is CC(=O)C1=CC=C[C@@H]1[C@@H](C)N(C)C. The van der Waals surface area contributed by atoms with Crippen molar-refractivity contribution >= 4 is 5.78 Å². The lowest BCUT2D eigenvalue weighted by Gasteiger charge is -2.26. The Bertz CT molecular complexity index is 263. The van der Waals surface area contributed by atoms with E-state index in [0.29, 0.717) is 6.04 Å². The lowest BCUT2D eigenvalue weighted by atomic mass is 9.92. The minimum Gasteiger partial charge on any atom is -0.306 e. The van der Waals surface area contributed by atoms with Gasteiger partial charge in [0.2, 0.25) is 0 Å². The fourth-order valence-electron chi connectivity index (χ4n) is 1.59. The third-order valence-corrected chi connectivity index (χ3v) is 2.69. The molecule has 72 valence electrons. The van der Waals surface area contributed by atoms with E-state index in [0.717, 1.165) is 5.57 Å². The molecule has 0 aliphatic heterocycles. The highest BCUT2D eigenvalue weighted by atomic mass is 16.1. The number of nitrogens with zero attached hydrogens (tertiary/aromatic N) is 1. The summed E-state index contributed by atoms with van der Waals surface area (Å²) in [6.07, 6.45) is 6.00. The van der Waals surface area contributed by atoms with Gasteiger partial charge in [-0.25, -0.2) is 0 Å². The van der Waals surface area contributed by atoms with Crippen LogP contribution >= 0.6 is 0 Å². The highest BCUT2D eigenvalue weighted by molar-refractivity contribution is 5.95. The largest absolute Gasteiger partial charge is 0.306 e. The van der Waals surface area contributed by atoms with Gasteiger partial charge in [-0.15, -0.1) is 0 Å². The van der Waals surface area contributed by atoms with Gasteiger partial charge in [0.25, 0.3) is 0 Å². The Balaban J connectivity index is 2.77. The van der Waals surface area contributed by atoms with E-state index < -0.39 is 0 Å². The van der Waals surface area contributed by atoms with Crippen LogP contribution in [0.1, 0.15) is 13.8 Å². The van der Waals surface area contributed by atoms with Crippen molar-refractivity contribution in [3.8, 4) is 0 Å². The number of carbonyl (C=O) groups is 1. The van der Waals surface area contributed by atoms with Gasteiger partial charge in [0.1, 0.15) is 0 Å². The van der Waals surface area contributed by atoms with Crippen LogP contribution < -0.4 is 0 Å². The number of hydrogen-bond donors (Lipinski definition) is 0. The van der Waals surface area contributed by atoms with Gasteiger partial charge in [0.15, 0.2) is 5.78 Å². The van der Waals surface area contributed by atoms with Crippen LogP contribution in [0, 0.1) is 5.92 Å². The summed E-state index contributed by atoms with van der Waals surface area (Å²) < 4.78 is 0. The van der Waals surface area contributed by atoms with Crippen LogP contribution in [-0.4, -0.2) is 30.8 Å². The fraction of sp³-hybridized carbons (Fsp3) is 0.545. The molecule has 0 bridgehead atoms. The molecule has 0 aromatic rings. The van der Waals surface area contributed by atoms with Crippen molar-refractivity contribution < 1.29 is 4.79 Å². The fourth-order valence-corrected chi connectivity index (χ4v) is 1.59. The molecule has 13 heavy (non-hydrogen) atoms. The number of Topliss-reactive ketones (excluding diaryl/α,β-unsaturated/α-hetero) is 1. The Morgan fingerprint density at radius 1 is 1.54 bits per heavy atom. The second kappa shape index (κ2) is 3.88. The van der Waals surface area contributed by atoms with Crippen molar-refractivity contribution in [3.05, 3.63) is 23.8 Å². The second-order valence-electron chi connectivity index (χ2n) is 3.79. The first-order valence-corrected chi connectivity index (χ1v) is 4.59. The summed E-state index contributed by atoms with van der Waals surface area (Å²) in [6.45, 7) is 3.77. The number of ketones is 1. The number of carbonyl (C=O) groups excluding carboxylic acids is 1. The van der Waals surface area contributed by atoms with Crippen molar-refractivity contribution in [3.63, 3.8) is 0 Å². The van der Waals surface area contributed by atoms with Crippen molar-refractivity contribution in [1.29, 1.82) is 0 Å². The molecule has 0 spiro atoms. The standard InChI is InChI=1S/C11H17NO/c1-8(12(3)4)10-6-5-7-11(10)9(2)13/h5-8,10H,1-4H3/t8-,10-/m1/s1. The first-order valence-electron chi connectivity index (χ1n) is 4.59. The molecule has 0 heterocycles. The van der Waals surface area contributed by atoms with E-state index in [9.17, 15) is 4.79 Å². The maximum absolute atomic E-state index is 11.3. The zero-order valence-electron chi connectivity index (χ0n) is 8.74. The van der Waals surface area contributed by atoms with E-state index in [-0.39, 0.29) is 11.7 Å². The monoisotopic (exact) mass is 179 g/mol. The highest BCUT2D eigenvalue weighted by Gasteiger charge is 2.25. The number of allylic oxidation sites excluding steroid dienone is 2. The van der Waals surface area contributed by atoms with Crippen molar-refractivity contribution in [2.75, 3.05) is 14.1 Å². The molecular formula is C11H17NO. The molecule has 0 aromatic heterocycles. The van der Waals surface area contributed by atoms with Gasteiger partial charge in [-0.05, 0) is 27.9 Å². The minimum absolute atomic E-state index is 0.184. The Hall–Kier alpha value is -0.890. The van der Waals surface area contributed by atoms with Crippen LogP contribution in [0.15, 0.2) is 23.8 Å². The van der Waals surface area contributed by atoms with E-state index in [4.69, 9.17) is 0 Å². The lowest BCUT2D eigenvalue weighted by molar-refractivity contribution is -0.114. The molecule has 1 aliphatic carbocycles. The number of rotatable bonds is 3. The molecule has 0 radical (unpaired) electrons. The average Bonchev–Trinajstić information content (AvgIpc) is 2.50. The predicted octanol–water partition coefficient (Wildman–Crippen LogP) is 1.64. The summed E-state index contributed by atoms with van der Waals surface area (Å²) in [5.41, 5.74) is 0.932. The molecule has 2 nitrogen and oxygen atoms in total. The van der Waals surface area contributed by atoms with Gasteiger partial charge in [-0.1, -0.05) is 18.2 Å². The smallest absolute Gasteiger partial charge is 0.156 e. The second-order valence-corrected chi connectivity index (χ2v) is 3.79. The molecule has 0 N–H and O–H groups in total. The van der Waals surface area contributed by atoms with Crippen LogP contribution in [0.5, 0.6) is 0 Å². The Labute approximate surface area is 79.9 Å². The van der Waals surface area contributed by atoms with Gasteiger partial charge in [0, 0.05) is 17.5 Å². The molecule has 0 fully saturated rings. The molecule has 0 saturated heterocycles. The number of hydrogen-bond acceptors (Lipinski definition) is 2. The van der Waals surface area contributed by atoms with Crippen molar-refractivity contribution in [2.45, 2.75) is 19.9 Å². The molecule has 1 aliphatic rings. The van der Waals surface area contributed by atoms with Gasteiger partial charge in [-0.3, -0.25) is 4.79 Å². The first kappa shape index (κ1) is 10.2. The predicted molar refractivity (Wildman–Crippen MR) is 54.5 cm³/mol. The third kappa shape index (κ3) is 2.07. The molecule has 0 aromatic carbocycles. The summed E-state index contributed by atoms with van der Waals surface area (Å²) in [7, 11) is 4.07. The van der Waals surface area contributed by atoms with Gasteiger partial charge in [-0.2, -0.15) is 0 Å². The van der Waals surface area contributed by atoms with Crippen LogP contribution in [-0.2, 0) is 4.79 Å². The van der Waals surface area contributed by atoms with Crippen LogP contribution in [0.25, 0.3) is 0 Å². The maximum atomic E-state index is 11.3. The highest BCUT2D eigenvalue weighted by Crippen LogP contribution is 2.25. The van der Waals surface area contributed by atoms with Crippen LogP contribution in [0.3, 0.4) is 0 Å². The molecule has 2 heteroatoms. The van der Waals surface area contributed by atoms with E-state index in [1.165, 1.54) is 0 Å². The molecule has 0 unspecified atom stereocenters. The third-order valence-electron chi connectivity index (χ3n) is 2.69. The quantitative estimate of drug-likeness (QED) is 0.656. The molecular weight excluding hydrogens is 162 g/mol. The van der Waals surface area contributed by atoms with E-state index in [1.807, 2.05) is 26.2 Å². The van der Waals surface area contributed by atoms with Gasteiger partial charge < -0.3 is 4.90 Å². The normalized spacial score (nSPS) is 23.5. The Morgan fingerprint density at radius 3 is 2.62 bits per heavy atom. The van der Waals surface area contributed by atoms with Gasteiger partial charge in [0.05, 0.1) is 0 Å². The maximum Gasteiger partial charge on any atom is 0.156 e. The molecule has 1 rings (SSSR count). The van der Waals surface area contributed by atoms with Gasteiger partial charge >= 0.3 is 0 Å². The van der Waals surface area contributed by atoms with Crippen molar-refractivity contribution in [1.82, 2.24) is 4.90 Å². The first-order chi connectivity index (χ1) is 6.04. The molecule has 2 atom stereocenters. The Kier molecular flexibility index (Phi) is 3.04. The summed E-state index contributed by atoms with van der Waals surface area (Å²) in [5, 5.41) is 0. The molecule has 0 amide bonds. The summed E-state index contributed by atoms with van der Waals surface area (Å²) >= 11 is 0. The molecule has 0 saturated carbocycles. The summed E-state index contributed by atoms with van der Waals surface area (Å²) in [6, 6.07) is 0.383. The lowest BCUT2D eigenvalue weighted by Crippen LogP contribution is -2.33. The zero-order valence-corrected chi connectivity index (χ0v) is 8.74. The Morgan fingerprint density at radius 2 is 2.15 bits per heavy atom. The van der Waals surface area contributed by atoms with Crippen LogP contribution in [0.4, 0.5) is 0 Å². The van der Waals surface area contributed by atoms with E-state index in [2.05, 4.69) is 17.9 Å². The van der Waals surface area contributed by atoms with Crippen LogP contribution in [0.2, 0.25) is 0 Å². The van der Waals surface area contributed by atoms with E-state index in [1.54, 1.807) is 6.92 Å². The summed E-state index contributed by atoms with van der Waals surface area (Å²) in [5.74, 6) is 0.455.